The second kappa shape index (κ2) is 4.98. The lowest BCUT2D eigenvalue weighted by Gasteiger charge is -2.05. The van der Waals surface area contributed by atoms with Crippen LogP contribution < -0.4 is 0 Å². The molecule has 2 aromatic rings. The quantitative estimate of drug-likeness (QED) is 0.594. The van der Waals surface area contributed by atoms with E-state index in [2.05, 4.69) is 4.98 Å². The third-order valence-electron chi connectivity index (χ3n) is 2.39. The Morgan fingerprint density at radius 1 is 1.25 bits per heavy atom. The molecule has 84 valence electrons. The molecule has 0 bridgehead atoms. The Hall–Kier alpha value is -0.860. The summed E-state index contributed by atoms with van der Waals surface area (Å²) in [6.45, 7) is 0. The highest BCUT2D eigenvalue weighted by Gasteiger charge is 2.05. The summed E-state index contributed by atoms with van der Waals surface area (Å²) in [7, 11) is 0. The van der Waals surface area contributed by atoms with Crippen molar-refractivity contribution in [1.29, 1.82) is 0 Å². The SMILES string of the molecule is Fc1ccc2cc(CCCCl)c(Cl)nc2c1. The first-order valence-corrected chi connectivity index (χ1v) is 5.92. The molecule has 0 atom stereocenters. The number of alkyl halides is 1. The highest BCUT2D eigenvalue weighted by molar-refractivity contribution is 6.30. The van der Waals surface area contributed by atoms with Crippen LogP contribution in [0, 0.1) is 5.82 Å². The summed E-state index contributed by atoms with van der Waals surface area (Å²) >= 11 is 11.6. The standard InChI is InChI=1S/C12H10Cl2FN/c13-5-1-2-9-6-8-3-4-10(15)7-11(8)16-12(9)14/h3-4,6-7H,1-2,5H2. The van der Waals surface area contributed by atoms with Crippen molar-refractivity contribution in [3.63, 3.8) is 0 Å². The van der Waals surface area contributed by atoms with Gasteiger partial charge in [0.1, 0.15) is 11.0 Å². The zero-order valence-electron chi connectivity index (χ0n) is 8.51. The van der Waals surface area contributed by atoms with E-state index in [0.29, 0.717) is 16.5 Å². The van der Waals surface area contributed by atoms with Crippen LogP contribution in [0.5, 0.6) is 0 Å². The molecule has 1 aromatic carbocycles. The van der Waals surface area contributed by atoms with Gasteiger partial charge in [-0.2, -0.15) is 0 Å². The first kappa shape index (κ1) is 11.6. The zero-order chi connectivity index (χ0) is 11.5. The van der Waals surface area contributed by atoms with E-state index in [1.165, 1.54) is 12.1 Å². The van der Waals surface area contributed by atoms with Crippen LogP contribution in [-0.4, -0.2) is 10.9 Å². The summed E-state index contributed by atoms with van der Waals surface area (Å²) < 4.78 is 13.0. The molecule has 4 heteroatoms. The van der Waals surface area contributed by atoms with Crippen LogP contribution in [0.25, 0.3) is 10.9 Å². The van der Waals surface area contributed by atoms with Crippen LogP contribution in [0.2, 0.25) is 5.15 Å². The maximum atomic E-state index is 13.0. The van der Waals surface area contributed by atoms with E-state index in [1.54, 1.807) is 6.07 Å². The lowest BCUT2D eigenvalue weighted by Crippen LogP contribution is -1.92. The number of aryl methyl sites for hydroxylation is 1. The molecule has 1 heterocycles. The van der Waals surface area contributed by atoms with Gasteiger partial charge in [0.2, 0.25) is 0 Å². The average molecular weight is 258 g/mol. The summed E-state index contributed by atoms with van der Waals surface area (Å²) in [4.78, 5) is 4.17. The van der Waals surface area contributed by atoms with E-state index in [9.17, 15) is 4.39 Å². The minimum atomic E-state index is -0.301. The van der Waals surface area contributed by atoms with Crippen molar-refractivity contribution < 1.29 is 4.39 Å². The van der Waals surface area contributed by atoms with Gasteiger partial charge in [-0.25, -0.2) is 9.37 Å². The van der Waals surface area contributed by atoms with Gasteiger partial charge in [0, 0.05) is 17.3 Å². The van der Waals surface area contributed by atoms with Gasteiger partial charge in [-0.3, -0.25) is 0 Å². The minimum Gasteiger partial charge on any atom is -0.236 e. The third kappa shape index (κ3) is 2.45. The summed E-state index contributed by atoms with van der Waals surface area (Å²) in [5.74, 6) is 0.294. The average Bonchev–Trinajstić information content (AvgIpc) is 2.26. The minimum absolute atomic E-state index is 0.301. The first-order chi connectivity index (χ1) is 7.70. The van der Waals surface area contributed by atoms with Gasteiger partial charge >= 0.3 is 0 Å². The molecule has 0 N–H and O–H groups in total. The Labute approximate surface area is 103 Å². The number of aromatic nitrogens is 1. The molecule has 16 heavy (non-hydrogen) atoms. The molecule has 1 nitrogen and oxygen atoms in total. The van der Waals surface area contributed by atoms with Crippen LogP contribution in [0.1, 0.15) is 12.0 Å². The number of pyridine rings is 1. The Balaban J connectivity index is 2.45. The normalized spacial score (nSPS) is 10.9. The van der Waals surface area contributed by atoms with Crippen molar-refractivity contribution in [2.75, 3.05) is 5.88 Å². The number of halogens is 3. The van der Waals surface area contributed by atoms with Crippen molar-refractivity contribution >= 4 is 34.1 Å². The van der Waals surface area contributed by atoms with Crippen LogP contribution in [-0.2, 0) is 6.42 Å². The Bertz CT molecular complexity index is 514. The molecule has 1 aromatic heterocycles. The molecule has 0 radical (unpaired) electrons. The van der Waals surface area contributed by atoms with Crippen LogP contribution in [0.15, 0.2) is 24.3 Å². The molecule has 0 saturated carbocycles. The van der Waals surface area contributed by atoms with Gasteiger partial charge in [-0.15, -0.1) is 11.6 Å². The maximum absolute atomic E-state index is 13.0. The second-order valence-corrected chi connectivity index (χ2v) is 4.30. The third-order valence-corrected chi connectivity index (χ3v) is 2.98. The van der Waals surface area contributed by atoms with E-state index < -0.39 is 0 Å². The Morgan fingerprint density at radius 3 is 2.81 bits per heavy atom. The van der Waals surface area contributed by atoms with E-state index in [4.69, 9.17) is 23.2 Å². The predicted molar refractivity (Wildman–Crippen MR) is 65.8 cm³/mol. The van der Waals surface area contributed by atoms with Crippen molar-refractivity contribution in [3.05, 3.63) is 40.8 Å². The molecule has 0 amide bonds. The molecule has 0 spiro atoms. The molecule has 0 aliphatic heterocycles. The van der Waals surface area contributed by atoms with Gasteiger partial charge in [0.15, 0.2) is 0 Å². The van der Waals surface area contributed by atoms with E-state index in [1.807, 2.05) is 6.07 Å². The fourth-order valence-electron chi connectivity index (χ4n) is 1.59. The van der Waals surface area contributed by atoms with E-state index in [-0.39, 0.29) is 5.82 Å². The number of benzene rings is 1. The number of rotatable bonds is 3. The molecular formula is C12H10Cl2FN. The van der Waals surface area contributed by atoms with Gasteiger partial charge in [0.25, 0.3) is 0 Å². The molecule has 0 aliphatic rings. The molecule has 0 fully saturated rings. The monoisotopic (exact) mass is 257 g/mol. The molecule has 0 saturated heterocycles. The van der Waals surface area contributed by atoms with Gasteiger partial charge in [-0.05, 0) is 36.6 Å². The fraction of sp³-hybridized carbons (Fsp3) is 0.250. The summed E-state index contributed by atoms with van der Waals surface area (Å²) in [6.07, 6.45) is 1.65. The summed E-state index contributed by atoms with van der Waals surface area (Å²) in [6, 6.07) is 6.45. The summed E-state index contributed by atoms with van der Waals surface area (Å²) in [5, 5.41) is 1.33. The predicted octanol–water partition coefficient (Wildman–Crippen LogP) is 4.20. The number of hydrogen-bond acceptors (Lipinski definition) is 1. The highest BCUT2D eigenvalue weighted by atomic mass is 35.5. The Kier molecular flexibility index (Phi) is 3.62. The van der Waals surface area contributed by atoms with Crippen molar-refractivity contribution in [1.82, 2.24) is 4.98 Å². The van der Waals surface area contributed by atoms with Crippen LogP contribution in [0.4, 0.5) is 4.39 Å². The van der Waals surface area contributed by atoms with E-state index in [0.717, 1.165) is 23.8 Å². The molecule has 0 aliphatic carbocycles. The smallest absolute Gasteiger partial charge is 0.132 e. The summed E-state index contributed by atoms with van der Waals surface area (Å²) in [5.41, 5.74) is 1.54. The van der Waals surface area contributed by atoms with Crippen molar-refractivity contribution in [2.45, 2.75) is 12.8 Å². The van der Waals surface area contributed by atoms with Gasteiger partial charge in [0.05, 0.1) is 5.52 Å². The van der Waals surface area contributed by atoms with Crippen molar-refractivity contribution in [3.8, 4) is 0 Å². The number of hydrogen-bond donors (Lipinski definition) is 0. The lowest BCUT2D eigenvalue weighted by molar-refractivity contribution is 0.629. The lowest BCUT2D eigenvalue weighted by atomic mass is 10.1. The molecular weight excluding hydrogens is 248 g/mol. The second-order valence-electron chi connectivity index (χ2n) is 3.57. The zero-order valence-corrected chi connectivity index (χ0v) is 10.0. The molecule has 2 rings (SSSR count). The van der Waals surface area contributed by atoms with Crippen LogP contribution >= 0.6 is 23.2 Å². The maximum Gasteiger partial charge on any atom is 0.132 e. The molecule has 0 unspecified atom stereocenters. The first-order valence-electron chi connectivity index (χ1n) is 5.01. The van der Waals surface area contributed by atoms with Gasteiger partial charge in [-0.1, -0.05) is 11.6 Å². The fourth-order valence-corrected chi connectivity index (χ4v) is 1.97. The Morgan fingerprint density at radius 2 is 2.06 bits per heavy atom. The highest BCUT2D eigenvalue weighted by Crippen LogP contribution is 2.22. The van der Waals surface area contributed by atoms with Crippen molar-refractivity contribution in [2.24, 2.45) is 0 Å². The van der Waals surface area contributed by atoms with E-state index >= 15 is 0 Å². The van der Waals surface area contributed by atoms with Crippen LogP contribution in [0.3, 0.4) is 0 Å². The number of fused-ring (bicyclic) bond motifs is 1. The topological polar surface area (TPSA) is 12.9 Å². The van der Waals surface area contributed by atoms with Gasteiger partial charge < -0.3 is 0 Å². The number of nitrogens with zero attached hydrogens (tertiary/aromatic N) is 1. The largest absolute Gasteiger partial charge is 0.236 e.